The number of nitrogens with one attached hydrogen (secondary N) is 1. The topological polar surface area (TPSA) is 28.2 Å². The van der Waals surface area contributed by atoms with Gasteiger partial charge in [-0.3, -0.25) is 4.98 Å². The standard InChI is InChI=1S/C10H12F3N3/c11-10(12,13)9-7-15-4-5-16(9)8-2-1-3-14-6-8/h1-3,6,9,15H,4-5,7H2. The molecule has 1 unspecified atom stereocenters. The van der Waals surface area contributed by atoms with Crippen LogP contribution in [0.25, 0.3) is 0 Å². The fourth-order valence-electron chi connectivity index (χ4n) is 1.83. The molecule has 3 nitrogen and oxygen atoms in total. The van der Waals surface area contributed by atoms with Gasteiger partial charge in [-0.1, -0.05) is 0 Å². The normalized spacial score (nSPS) is 22.2. The van der Waals surface area contributed by atoms with Gasteiger partial charge in [0.2, 0.25) is 0 Å². The van der Waals surface area contributed by atoms with Gasteiger partial charge in [0.05, 0.1) is 11.9 Å². The van der Waals surface area contributed by atoms with Gasteiger partial charge in [0.1, 0.15) is 6.04 Å². The summed E-state index contributed by atoms with van der Waals surface area (Å²) < 4.78 is 38.3. The molecule has 6 heteroatoms. The molecule has 1 fully saturated rings. The van der Waals surface area contributed by atoms with Crippen molar-refractivity contribution in [3.63, 3.8) is 0 Å². The van der Waals surface area contributed by atoms with Gasteiger partial charge in [-0.05, 0) is 12.1 Å². The van der Waals surface area contributed by atoms with Crippen LogP contribution < -0.4 is 10.2 Å². The van der Waals surface area contributed by atoms with Crippen LogP contribution in [0.15, 0.2) is 24.5 Å². The Morgan fingerprint density at radius 1 is 1.44 bits per heavy atom. The van der Waals surface area contributed by atoms with Crippen LogP contribution in [0.1, 0.15) is 0 Å². The van der Waals surface area contributed by atoms with Crippen molar-refractivity contribution in [3.8, 4) is 0 Å². The summed E-state index contributed by atoms with van der Waals surface area (Å²) in [7, 11) is 0. The average Bonchev–Trinajstić information content (AvgIpc) is 2.29. The molecule has 0 radical (unpaired) electrons. The van der Waals surface area contributed by atoms with Gasteiger partial charge < -0.3 is 10.2 Å². The number of nitrogens with zero attached hydrogens (tertiary/aromatic N) is 2. The second-order valence-corrected chi connectivity index (χ2v) is 3.67. The number of piperazine rings is 1. The summed E-state index contributed by atoms with van der Waals surface area (Å²) in [5.74, 6) is 0. The Hall–Kier alpha value is -1.30. The van der Waals surface area contributed by atoms with E-state index in [2.05, 4.69) is 10.3 Å². The lowest BCUT2D eigenvalue weighted by Crippen LogP contribution is -2.58. The zero-order valence-electron chi connectivity index (χ0n) is 8.54. The molecule has 1 aliphatic heterocycles. The maximum Gasteiger partial charge on any atom is 0.409 e. The molecule has 1 aromatic heterocycles. The number of hydrogen-bond donors (Lipinski definition) is 1. The predicted molar refractivity (Wildman–Crippen MR) is 54.3 cm³/mol. The van der Waals surface area contributed by atoms with E-state index in [4.69, 9.17) is 0 Å². The third-order valence-electron chi connectivity index (χ3n) is 2.60. The molecular formula is C10H12F3N3. The average molecular weight is 231 g/mol. The lowest BCUT2D eigenvalue weighted by molar-refractivity contribution is -0.149. The first-order valence-corrected chi connectivity index (χ1v) is 5.03. The molecule has 1 aliphatic rings. The Kier molecular flexibility index (Phi) is 3.00. The van der Waals surface area contributed by atoms with E-state index in [0.29, 0.717) is 18.8 Å². The molecule has 2 rings (SSSR count). The third-order valence-corrected chi connectivity index (χ3v) is 2.60. The predicted octanol–water partition coefficient (Wildman–Crippen LogP) is 1.42. The first-order valence-electron chi connectivity index (χ1n) is 5.03. The SMILES string of the molecule is FC(F)(F)C1CNCCN1c1cccnc1. The van der Waals surface area contributed by atoms with E-state index in [1.54, 1.807) is 18.3 Å². The van der Waals surface area contributed by atoms with Gasteiger partial charge in [-0.25, -0.2) is 0 Å². The minimum Gasteiger partial charge on any atom is -0.356 e. The molecule has 16 heavy (non-hydrogen) atoms. The Morgan fingerprint density at radius 2 is 2.25 bits per heavy atom. The van der Waals surface area contributed by atoms with E-state index in [1.807, 2.05) is 0 Å². The summed E-state index contributed by atoms with van der Waals surface area (Å²) in [6, 6.07) is 1.83. The molecule has 0 spiro atoms. The molecule has 1 saturated heterocycles. The van der Waals surface area contributed by atoms with Crippen molar-refractivity contribution >= 4 is 5.69 Å². The number of anilines is 1. The van der Waals surface area contributed by atoms with Crippen molar-refractivity contribution in [3.05, 3.63) is 24.5 Å². The number of halogens is 3. The molecular weight excluding hydrogens is 219 g/mol. The summed E-state index contributed by atoms with van der Waals surface area (Å²) in [5.41, 5.74) is 0.520. The van der Waals surface area contributed by atoms with E-state index in [-0.39, 0.29) is 6.54 Å². The van der Waals surface area contributed by atoms with E-state index in [9.17, 15) is 13.2 Å². The minimum atomic E-state index is -4.22. The Morgan fingerprint density at radius 3 is 2.88 bits per heavy atom. The second-order valence-electron chi connectivity index (χ2n) is 3.67. The monoisotopic (exact) mass is 231 g/mol. The summed E-state index contributed by atoms with van der Waals surface area (Å²) in [5, 5.41) is 2.76. The van der Waals surface area contributed by atoms with Crippen molar-refractivity contribution in [1.29, 1.82) is 0 Å². The van der Waals surface area contributed by atoms with Crippen LogP contribution in [0, 0.1) is 0 Å². The Labute approximate surface area is 91.3 Å². The van der Waals surface area contributed by atoms with Gasteiger partial charge in [-0.2, -0.15) is 13.2 Å². The molecule has 0 aromatic carbocycles. The summed E-state index contributed by atoms with van der Waals surface area (Å²) in [6.45, 7) is 0.829. The van der Waals surface area contributed by atoms with E-state index in [1.165, 1.54) is 11.1 Å². The van der Waals surface area contributed by atoms with Gasteiger partial charge in [0.25, 0.3) is 0 Å². The van der Waals surface area contributed by atoms with Crippen molar-refractivity contribution in [2.45, 2.75) is 12.2 Å². The molecule has 0 amide bonds. The fourth-order valence-corrected chi connectivity index (χ4v) is 1.83. The molecule has 1 N–H and O–H groups in total. The number of hydrogen-bond acceptors (Lipinski definition) is 3. The summed E-state index contributed by atoms with van der Waals surface area (Å²) >= 11 is 0. The van der Waals surface area contributed by atoms with Crippen LogP contribution in [0.3, 0.4) is 0 Å². The number of pyridine rings is 1. The third kappa shape index (κ3) is 2.27. The number of rotatable bonds is 1. The number of aromatic nitrogens is 1. The van der Waals surface area contributed by atoms with Crippen LogP contribution in [0.5, 0.6) is 0 Å². The molecule has 2 heterocycles. The smallest absolute Gasteiger partial charge is 0.356 e. The maximum atomic E-state index is 12.8. The van der Waals surface area contributed by atoms with E-state index >= 15 is 0 Å². The fraction of sp³-hybridized carbons (Fsp3) is 0.500. The van der Waals surface area contributed by atoms with Crippen LogP contribution >= 0.6 is 0 Å². The minimum absolute atomic E-state index is 0.0710. The van der Waals surface area contributed by atoms with Gasteiger partial charge in [0, 0.05) is 25.8 Å². The van der Waals surface area contributed by atoms with Crippen LogP contribution in [-0.4, -0.2) is 36.8 Å². The van der Waals surface area contributed by atoms with Crippen molar-refractivity contribution in [1.82, 2.24) is 10.3 Å². The second kappa shape index (κ2) is 4.29. The maximum absolute atomic E-state index is 12.8. The van der Waals surface area contributed by atoms with Crippen LogP contribution in [0.4, 0.5) is 18.9 Å². The molecule has 1 aromatic rings. The lowest BCUT2D eigenvalue weighted by atomic mass is 10.1. The van der Waals surface area contributed by atoms with Gasteiger partial charge in [0.15, 0.2) is 0 Å². The molecule has 1 atom stereocenters. The highest BCUT2D eigenvalue weighted by Crippen LogP contribution is 2.29. The summed E-state index contributed by atoms with van der Waals surface area (Å²) in [4.78, 5) is 5.20. The lowest BCUT2D eigenvalue weighted by Gasteiger charge is -2.38. The molecule has 0 saturated carbocycles. The zero-order chi connectivity index (χ0) is 11.6. The van der Waals surface area contributed by atoms with E-state index < -0.39 is 12.2 Å². The highest BCUT2D eigenvalue weighted by molar-refractivity contribution is 5.46. The Balaban J connectivity index is 2.24. The largest absolute Gasteiger partial charge is 0.409 e. The van der Waals surface area contributed by atoms with Crippen molar-refractivity contribution in [2.24, 2.45) is 0 Å². The zero-order valence-corrected chi connectivity index (χ0v) is 8.54. The first kappa shape index (κ1) is 11.2. The molecule has 0 bridgehead atoms. The highest BCUT2D eigenvalue weighted by atomic mass is 19.4. The molecule has 0 aliphatic carbocycles. The van der Waals surface area contributed by atoms with Crippen LogP contribution in [-0.2, 0) is 0 Å². The van der Waals surface area contributed by atoms with Crippen LogP contribution in [0.2, 0.25) is 0 Å². The highest BCUT2D eigenvalue weighted by Gasteiger charge is 2.44. The van der Waals surface area contributed by atoms with Crippen molar-refractivity contribution < 1.29 is 13.2 Å². The quantitative estimate of drug-likeness (QED) is 0.792. The van der Waals surface area contributed by atoms with E-state index in [0.717, 1.165) is 0 Å². The van der Waals surface area contributed by atoms with Crippen molar-refractivity contribution in [2.75, 3.05) is 24.5 Å². The van der Waals surface area contributed by atoms with Gasteiger partial charge >= 0.3 is 6.18 Å². The molecule has 88 valence electrons. The number of alkyl halides is 3. The summed E-state index contributed by atoms with van der Waals surface area (Å²) in [6.07, 6.45) is -1.21. The first-order chi connectivity index (χ1) is 7.59. The van der Waals surface area contributed by atoms with Gasteiger partial charge in [-0.15, -0.1) is 0 Å². The Bertz CT molecular complexity index is 339.